The van der Waals surface area contributed by atoms with Crippen molar-refractivity contribution in [3.63, 3.8) is 0 Å². The minimum Gasteiger partial charge on any atom is -0.320 e. The van der Waals surface area contributed by atoms with Crippen molar-refractivity contribution in [1.82, 2.24) is 4.98 Å². The highest BCUT2D eigenvalue weighted by molar-refractivity contribution is 7.14. The Labute approximate surface area is 123 Å². The number of fused-ring (bicyclic) bond motifs is 1. The molecule has 1 atom stereocenters. The van der Waals surface area contributed by atoms with Crippen LogP contribution in [-0.2, 0) is 12.8 Å². The molecular weight excluding hydrogens is 268 g/mol. The molecule has 0 aromatic carbocycles. The fourth-order valence-electron chi connectivity index (χ4n) is 2.69. The first kappa shape index (κ1) is 13.3. The largest absolute Gasteiger partial charge is 0.320 e. The summed E-state index contributed by atoms with van der Waals surface area (Å²) in [6.07, 6.45) is 8.10. The Morgan fingerprint density at radius 2 is 2.45 bits per heavy atom. The molecule has 0 bridgehead atoms. The van der Waals surface area contributed by atoms with Gasteiger partial charge in [0.1, 0.15) is 0 Å². The van der Waals surface area contributed by atoms with Crippen LogP contribution in [0.5, 0.6) is 0 Å². The molecule has 2 heterocycles. The number of aromatic nitrogens is 1. The maximum atomic E-state index is 12.3. The number of amides is 1. The van der Waals surface area contributed by atoms with E-state index in [0.717, 1.165) is 29.3 Å². The van der Waals surface area contributed by atoms with E-state index in [2.05, 4.69) is 23.3 Å². The molecule has 0 spiro atoms. The van der Waals surface area contributed by atoms with E-state index < -0.39 is 0 Å². The number of carbonyl (C=O) groups excluding carboxylic acids is 1. The standard InChI is InChI=1S/C16H18N2OS/c1-2-11-5-6-14-12(8-11)9-15(20-14)16(19)18-13-4-3-7-17-10-13/h3-4,7,9-11H,2,5-6,8H2,1H3,(H,18,19)/t11-/m0/s1. The first-order valence-electron chi connectivity index (χ1n) is 7.09. The number of hydrogen-bond donors (Lipinski definition) is 1. The Morgan fingerprint density at radius 1 is 1.55 bits per heavy atom. The van der Waals surface area contributed by atoms with E-state index in [9.17, 15) is 4.79 Å². The zero-order chi connectivity index (χ0) is 13.9. The van der Waals surface area contributed by atoms with Crippen LogP contribution in [0.1, 0.15) is 39.9 Å². The highest BCUT2D eigenvalue weighted by Crippen LogP contribution is 2.33. The van der Waals surface area contributed by atoms with E-state index in [4.69, 9.17) is 0 Å². The third-order valence-corrected chi connectivity index (χ3v) is 5.14. The van der Waals surface area contributed by atoms with Crippen LogP contribution in [-0.4, -0.2) is 10.9 Å². The van der Waals surface area contributed by atoms with Crippen molar-refractivity contribution in [3.8, 4) is 0 Å². The molecule has 4 heteroatoms. The summed E-state index contributed by atoms with van der Waals surface area (Å²) in [5, 5.41) is 2.90. The number of hydrogen-bond acceptors (Lipinski definition) is 3. The molecule has 104 valence electrons. The number of nitrogens with zero attached hydrogens (tertiary/aromatic N) is 1. The number of anilines is 1. The third-order valence-electron chi connectivity index (χ3n) is 3.91. The van der Waals surface area contributed by atoms with Crippen molar-refractivity contribution in [1.29, 1.82) is 0 Å². The van der Waals surface area contributed by atoms with E-state index in [-0.39, 0.29) is 5.91 Å². The van der Waals surface area contributed by atoms with Crippen molar-refractivity contribution in [2.45, 2.75) is 32.6 Å². The van der Waals surface area contributed by atoms with Gasteiger partial charge in [0.2, 0.25) is 0 Å². The van der Waals surface area contributed by atoms with Gasteiger partial charge in [0, 0.05) is 11.1 Å². The third kappa shape index (κ3) is 2.75. The van der Waals surface area contributed by atoms with Gasteiger partial charge < -0.3 is 5.32 Å². The smallest absolute Gasteiger partial charge is 0.265 e. The maximum Gasteiger partial charge on any atom is 0.265 e. The highest BCUT2D eigenvalue weighted by atomic mass is 32.1. The van der Waals surface area contributed by atoms with Crippen LogP contribution in [0.25, 0.3) is 0 Å². The lowest BCUT2D eigenvalue weighted by molar-refractivity contribution is 0.103. The second kappa shape index (κ2) is 5.75. The molecule has 0 saturated heterocycles. The number of rotatable bonds is 3. The molecule has 1 aliphatic carbocycles. The highest BCUT2D eigenvalue weighted by Gasteiger charge is 2.22. The Bertz CT molecular complexity index is 606. The van der Waals surface area contributed by atoms with E-state index in [0.29, 0.717) is 0 Å². The summed E-state index contributed by atoms with van der Waals surface area (Å²) in [5.74, 6) is 0.761. The van der Waals surface area contributed by atoms with Crippen LogP contribution in [0.4, 0.5) is 5.69 Å². The first-order valence-corrected chi connectivity index (χ1v) is 7.91. The molecule has 1 aliphatic rings. The summed E-state index contributed by atoms with van der Waals surface area (Å²) >= 11 is 1.64. The molecule has 2 aromatic heterocycles. The van der Waals surface area contributed by atoms with Gasteiger partial charge in [0.25, 0.3) is 5.91 Å². The number of nitrogens with one attached hydrogen (secondary N) is 1. The van der Waals surface area contributed by atoms with Crippen molar-refractivity contribution in [3.05, 3.63) is 45.9 Å². The summed E-state index contributed by atoms with van der Waals surface area (Å²) < 4.78 is 0. The monoisotopic (exact) mass is 286 g/mol. The lowest BCUT2D eigenvalue weighted by Gasteiger charge is -2.19. The van der Waals surface area contributed by atoms with Crippen LogP contribution in [0.3, 0.4) is 0 Å². The normalized spacial score (nSPS) is 17.6. The zero-order valence-electron chi connectivity index (χ0n) is 11.6. The molecule has 3 rings (SSSR count). The number of thiophene rings is 1. The Kier molecular flexibility index (Phi) is 3.83. The molecule has 0 radical (unpaired) electrons. The van der Waals surface area contributed by atoms with Crippen LogP contribution in [0.2, 0.25) is 0 Å². The molecule has 1 amide bonds. The molecular formula is C16H18N2OS. The molecule has 0 saturated carbocycles. The summed E-state index contributed by atoms with van der Waals surface area (Å²) in [7, 11) is 0. The van der Waals surface area contributed by atoms with E-state index in [1.807, 2.05) is 12.1 Å². The fraction of sp³-hybridized carbons (Fsp3) is 0.375. The number of carbonyl (C=O) groups is 1. The second-order valence-corrected chi connectivity index (χ2v) is 6.41. The molecule has 3 nitrogen and oxygen atoms in total. The minimum absolute atomic E-state index is 0.0227. The van der Waals surface area contributed by atoms with Crippen LogP contribution >= 0.6 is 11.3 Å². The molecule has 20 heavy (non-hydrogen) atoms. The van der Waals surface area contributed by atoms with E-state index >= 15 is 0 Å². The maximum absolute atomic E-state index is 12.3. The molecule has 0 fully saturated rings. The van der Waals surface area contributed by atoms with Gasteiger partial charge in [-0.25, -0.2) is 0 Å². The van der Waals surface area contributed by atoms with Crippen LogP contribution in [0.15, 0.2) is 30.6 Å². The average molecular weight is 286 g/mol. The SMILES string of the molecule is CC[C@H]1CCc2sc(C(=O)Nc3cccnc3)cc2C1. The van der Waals surface area contributed by atoms with E-state index in [1.54, 1.807) is 23.7 Å². The quantitative estimate of drug-likeness (QED) is 0.929. The van der Waals surface area contributed by atoms with Gasteiger partial charge in [0.05, 0.1) is 16.8 Å². The summed E-state index contributed by atoms with van der Waals surface area (Å²) in [4.78, 5) is 18.5. The van der Waals surface area contributed by atoms with Crippen LogP contribution < -0.4 is 5.32 Å². The minimum atomic E-state index is -0.0227. The van der Waals surface area contributed by atoms with Gasteiger partial charge in [-0.05, 0) is 48.9 Å². The molecule has 0 aliphatic heterocycles. The van der Waals surface area contributed by atoms with Gasteiger partial charge in [-0.1, -0.05) is 13.3 Å². The van der Waals surface area contributed by atoms with Gasteiger partial charge in [-0.15, -0.1) is 11.3 Å². The number of aryl methyl sites for hydroxylation is 1. The lowest BCUT2D eigenvalue weighted by atomic mass is 9.87. The predicted octanol–water partition coefficient (Wildman–Crippen LogP) is 3.91. The fourth-order valence-corrected chi connectivity index (χ4v) is 3.79. The van der Waals surface area contributed by atoms with Gasteiger partial charge in [-0.3, -0.25) is 9.78 Å². The predicted molar refractivity (Wildman–Crippen MR) is 82.3 cm³/mol. The Morgan fingerprint density at radius 3 is 3.20 bits per heavy atom. The van der Waals surface area contributed by atoms with Gasteiger partial charge in [-0.2, -0.15) is 0 Å². The van der Waals surface area contributed by atoms with Crippen molar-refractivity contribution in [2.24, 2.45) is 5.92 Å². The molecule has 0 unspecified atom stereocenters. The summed E-state index contributed by atoms with van der Waals surface area (Å²) in [6.45, 7) is 2.25. The number of pyridine rings is 1. The summed E-state index contributed by atoms with van der Waals surface area (Å²) in [5.41, 5.74) is 2.12. The molecule has 2 aromatic rings. The van der Waals surface area contributed by atoms with Crippen LogP contribution in [0, 0.1) is 5.92 Å². The Hall–Kier alpha value is -1.68. The van der Waals surface area contributed by atoms with Crippen molar-refractivity contribution >= 4 is 22.9 Å². The van der Waals surface area contributed by atoms with Crippen molar-refractivity contribution in [2.75, 3.05) is 5.32 Å². The van der Waals surface area contributed by atoms with E-state index in [1.165, 1.54) is 23.3 Å². The molecule has 1 N–H and O–H groups in total. The van der Waals surface area contributed by atoms with Crippen molar-refractivity contribution < 1.29 is 4.79 Å². The second-order valence-electron chi connectivity index (χ2n) is 5.27. The summed E-state index contributed by atoms with van der Waals surface area (Å²) in [6, 6.07) is 5.75. The average Bonchev–Trinajstić information content (AvgIpc) is 2.91. The van der Waals surface area contributed by atoms with Gasteiger partial charge >= 0.3 is 0 Å². The first-order chi connectivity index (χ1) is 9.76. The van der Waals surface area contributed by atoms with Gasteiger partial charge in [0.15, 0.2) is 0 Å². The topological polar surface area (TPSA) is 42.0 Å². The lowest BCUT2D eigenvalue weighted by Crippen LogP contribution is -2.11. The Balaban J connectivity index is 1.75. The zero-order valence-corrected chi connectivity index (χ0v) is 12.4.